The Bertz CT molecular complexity index is 504. The Balaban J connectivity index is 4.57. The Morgan fingerprint density at radius 3 is 1.54 bits per heavy atom. The number of nitrogens with one attached hydrogen (secondary N) is 2. The number of carbonyl (C=O) groups excluding carboxylic acids is 2. The number of carboxylic acids is 2. The molecule has 2 atom stereocenters. The van der Waals surface area contributed by atoms with E-state index in [9.17, 15) is 45.5 Å². The minimum Gasteiger partial charge on any atom is -0.480 e. The van der Waals surface area contributed by atoms with Gasteiger partial charge in [0, 0.05) is 5.75 Å². The second kappa shape index (κ2) is 9.49. The minimum atomic E-state index is -5.31. The summed E-state index contributed by atoms with van der Waals surface area (Å²) in [4.78, 5) is 42.9. The van der Waals surface area contributed by atoms with Crippen LogP contribution >= 0.6 is 11.8 Å². The molecule has 8 nitrogen and oxygen atoms in total. The molecular formula is C11H12F6N2O6S. The zero-order valence-electron chi connectivity index (χ0n) is 12.5. The molecule has 0 spiro atoms. The van der Waals surface area contributed by atoms with Gasteiger partial charge in [-0.25, -0.2) is 9.59 Å². The quantitative estimate of drug-likeness (QED) is 0.317. The molecule has 0 aliphatic rings. The van der Waals surface area contributed by atoms with Crippen molar-refractivity contribution in [2.75, 3.05) is 11.5 Å². The lowest BCUT2D eigenvalue weighted by atomic mass is 10.2. The number of rotatable bonds is 9. The molecule has 0 aromatic heterocycles. The van der Waals surface area contributed by atoms with Gasteiger partial charge in [-0.3, -0.25) is 9.59 Å². The first-order chi connectivity index (χ1) is 11.7. The number of thioether (sulfide) groups is 1. The van der Waals surface area contributed by atoms with Crippen molar-refractivity contribution in [3.63, 3.8) is 0 Å². The fourth-order valence-electron chi connectivity index (χ4n) is 1.31. The lowest BCUT2D eigenvalue weighted by molar-refractivity contribution is -0.175. The maximum absolute atomic E-state index is 12.1. The second-order valence-electron chi connectivity index (χ2n) is 4.59. The molecule has 0 aliphatic heterocycles. The van der Waals surface area contributed by atoms with Crippen molar-refractivity contribution in [3.8, 4) is 0 Å². The first-order valence-electron chi connectivity index (χ1n) is 6.45. The molecule has 0 aromatic carbocycles. The highest BCUT2D eigenvalue weighted by atomic mass is 32.2. The van der Waals surface area contributed by atoms with E-state index >= 15 is 0 Å². The number of aliphatic carboxylic acids is 2. The zero-order valence-corrected chi connectivity index (χ0v) is 13.3. The van der Waals surface area contributed by atoms with E-state index in [-0.39, 0.29) is 5.75 Å². The molecule has 0 aliphatic carbocycles. The molecule has 0 rings (SSSR count). The summed E-state index contributed by atoms with van der Waals surface area (Å²) < 4.78 is 72.4. The fourth-order valence-corrected chi connectivity index (χ4v) is 2.35. The molecule has 0 heterocycles. The number of hydrogen-bond donors (Lipinski definition) is 4. The first-order valence-corrected chi connectivity index (χ1v) is 7.60. The van der Waals surface area contributed by atoms with E-state index in [0.717, 1.165) is 0 Å². The van der Waals surface area contributed by atoms with Crippen LogP contribution in [-0.4, -0.2) is 69.9 Å². The third-order valence-corrected chi connectivity index (χ3v) is 3.65. The van der Waals surface area contributed by atoms with Crippen molar-refractivity contribution in [1.29, 1.82) is 0 Å². The highest BCUT2D eigenvalue weighted by Crippen LogP contribution is 2.17. The fraction of sp³-hybridized carbons (Fsp3) is 0.636. The first kappa shape index (κ1) is 23.8. The Hall–Kier alpha value is -2.19. The smallest absolute Gasteiger partial charge is 0.471 e. The molecule has 0 saturated carbocycles. The van der Waals surface area contributed by atoms with Crippen LogP contribution in [0.1, 0.15) is 6.42 Å². The average molecular weight is 414 g/mol. The van der Waals surface area contributed by atoms with Crippen molar-refractivity contribution in [2.45, 2.75) is 30.9 Å². The Morgan fingerprint density at radius 2 is 1.19 bits per heavy atom. The third-order valence-electron chi connectivity index (χ3n) is 2.56. The molecule has 4 N–H and O–H groups in total. The summed E-state index contributed by atoms with van der Waals surface area (Å²) in [5.41, 5.74) is 0. The third kappa shape index (κ3) is 8.77. The van der Waals surface area contributed by atoms with Crippen LogP contribution in [0.4, 0.5) is 26.3 Å². The number of hydrogen-bond acceptors (Lipinski definition) is 5. The number of alkyl halides is 6. The van der Waals surface area contributed by atoms with Gasteiger partial charge in [0.2, 0.25) is 0 Å². The molecule has 0 saturated heterocycles. The van der Waals surface area contributed by atoms with Crippen molar-refractivity contribution < 1.29 is 55.7 Å². The number of amides is 2. The largest absolute Gasteiger partial charge is 0.480 e. The van der Waals surface area contributed by atoms with Crippen LogP contribution < -0.4 is 10.6 Å². The second-order valence-corrected chi connectivity index (χ2v) is 5.74. The van der Waals surface area contributed by atoms with Crippen LogP contribution in [0.3, 0.4) is 0 Å². The molecule has 2 amide bonds. The van der Waals surface area contributed by atoms with Gasteiger partial charge in [-0.15, -0.1) is 0 Å². The molecule has 0 aromatic rings. The van der Waals surface area contributed by atoms with E-state index in [1.807, 2.05) is 0 Å². The molecule has 150 valence electrons. The molecule has 0 fully saturated rings. The minimum absolute atomic E-state index is 0.319. The highest BCUT2D eigenvalue weighted by molar-refractivity contribution is 7.99. The Morgan fingerprint density at radius 1 is 0.808 bits per heavy atom. The zero-order chi connectivity index (χ0) is 20.7. The van der Waals surface area contributed by atoms with E-state index in [2.05, 4.69) is 0 Å². The summed E-state index contributed by atoms with van der Waals surface area (Å²) in [5, 5.41) is 19.9. The highest BCUT2D eigenvalue weighted by Gasteiger charge is 2.41. The van der Waals surface area contributed by atoms with Gasteiger partial charge < -0.3 is 20.8 Å². The summed E-state index contributed by atoms with van der Waals surface area (Å²) in [7, 11) is 0. The molecule has 26 heavy (non-hydrogen) atoms. The number of halogens is 6. The summed E-state index contributed by atoms with van der Waals surface area (Å²) in [6.45, 7) is 0. The van der Waals surface area contributed by atoms with Crippen molar-refractivity contribution in [1.82, 2.24) is 10.6 Å². The van der Waals surface area contributed by atoms with Gasteiger partial charge in [-0.1, -0.05) is 0 Å². The maximum atomic E-state index is 12.1. The standard InChI is InChI=1S/C11H12F6N2O6S/c12-10(13,14)8(24)18-4(6(20)21)1-2-26-3-5(7(22)23)19-9(25)11(15,16)17/h4-5H,1-3H2,(H,18,24)(H,19,25)(H,20,21)(H,22,23)/t4-,5-/m0/s1. The van der Waals surface area contributed by atoms with Gasteiger partial charge in [0.15, 0.2) is 0 Å². The topological polar surface area (TPSA) is 133 Å². The SMILES string of the molecule is O=C(O)[C@H](CCSC[C@H](NC(=O)C(F)(F)F)C(=O)O)NC(=O)C(F)(F)F. The molecular weight excluding hydrogens is 402 g/mol. The van der Waals surface area contributed by atoms with Gasteiger partial charge in [0.05, 0.1) is 0 Å². The maximum Gasteiger partial charge on any atom is 0.471 e. The summed E-state index contributed by atoms with van der Waals surface area (Å²) in [5.74, 6) is -9.50. The van der Waals surface area contributed by atoms with Gasteiger partial charge in [-0.05, 0) is 12.2 Å². The van der Waals surface area contributed by atoms with Crippen molar-refractivity contribution in [2.24, 2.45) is 0 Å². The molecule has 15 heteroatoms. The number of carboxylic acid groups (broad SMARTS) is 2. The predicted octanol–water partition coefficient (Wildman–Crippen LogP) is 0.373. The van der Waals surface area contributed by atoms with Crippen LogP contribution in [0.2, 0.25) is 0 Å². The number of carbonyl (C=O) groups is 4. The van der Waals surface area contributed by atoms with E-state index in [0.29, 0.717) is 11.8 Å². The summed E-state index contributed by atoms with van der Waals surface area (Å²) in [6, 6.07) is -3.90. The van der Waals surface area contributed by atoms with Gasteiger partial charge in [0.1, 0.15) is 12.1 Å². The van der Waals surface area contributed by atoms with E-state index in [4.69, 9.17) is 10.2 Å². The van der Waals surface area contributed by atoms with Crippen LogP contribution in [-0.2, 0) is 19.2 Å². The predicted molar refractivity (Wildman–Crippen MR) is 73.2 cm³/mol. The normalized spacial score (nSPS) is 14.2. The molecule has 0 radical (unpaired) electrons. The summed E-state index contributed by atoms with van der Waals surface area (Å²) >= 11 is 0.564. The Labute approximate surface area is 145 Å². The van der Waals surface area contributed by atoms with E-state index in [1.54, 1.807) is 0 Å². The average Bonchev–Trinajstić information content (AvgIpc) is 2.45. The van der Waals surface area contributed by atoms with Gasteiger partial charge >= 0.3 is 36.1 Å². The van der Waals surface area contributed by atoms with Crippen molar-refractivity contribution in [3.05, 3.63) is 0 Å². The summed E-state index contributed by atoms with van der Waals surface area (Å²) in [6.07, 6.45) is -11.2. The van der Waals surface area contributed by atoms with Crippen LogP contribution in [0.15, 0.2) is 0 Å². The molecule has 0 bridgehead atoms. The van der Waals surface area contributed by atoms with E-state index < -0.39 is 60.4 Å². The Kier molecular flexibility index (Phi) is 8.69. The van der Waals surface area contributed by atoms with Crippen LogP contribution in [0, 0.1) is 0 Å². The van der Waals surface area contributed by atoms with Crippen LogP contribution in [0.5, 0.6) is 0 Å². The lowest BCUT2D eigenvalue weighted by Gasteiger charge is -2.17. The monoisotopic (exact) mass is 414 g/mol. The lowest BCUT2D eigenvalue weighted by Crippen LogP contribution is -2.48. The molecule has 0 unspecified atom stereocenters. The van der Waals surface area contributed by atoms with Crippen LogP contribution in [0.25, 0.3) is 0 Å². The van der Waals surface area contributed by atoms with E-state index in [1.165, 1.54) is 10.6 Å². The van der Waals surface area contributed by atoms with Gasteiger partial charge in [-0.2, -0.15) is 38.1 Å². The van der Waals surface area contributed by atoms with Crippen molar-refractivity contribution >= 4 is 35.5 Å². The van der Waals surface area contributed by atoms with Gasteiger partial charge in [0.25, 0.3) is 0 Å².